The van der Waals surface area contributed by atoms with Crippen LogP contribution in [-0.2, 0) is 17.5 Å². The minimum atomic E-state index is -4.33. The molecule has 0 radical (unpaired) electrons. The van der Waals surface area contributed by atoms with E-state index < -0.39 is 11.7 Å². The number of hydrogen-bond acceptors (Lipinski definition) is 2. The van der Waals surface area contributed by atoms with Gasteiger partial charge in [0.2, 0.25) is 5.91 Å². The van der Waals surface area contributed by atoms with Crippen LogP contribution in [0.1, 0.15) is 43.7 Å². The molecule has 0 aliphatic heterocycles. The zero-order chi connectivity index (χ0) is 16.3. The first kappa shape index (κ1) is 19.8. The lowest BCUT2D eigenvalue weighted by molar-refractivity contribution is -0.137. The van der Waals surface area contributed by atoms with Crippen LogP contribution in [0.25, 0.3) is 0 Å². The Kier molecular flexibility index (Phi) is 6.89. The van der Waals surface area contributed by atoms with Crippen molar-refractivity contribution in [1.29, 1.82) is 0 Å². The van der Waals surface area contributed by atoms with E-state index in [0.29, 0.717) is 24.9 Å². The lowest BCUT2D eigenvalue weighted by atomic mass is 10.1. The summed E-state index contributed by atoms with van der Waals surface area (Å²) < 4.78 is 37.6. The first-order chi connectivity index (χ1) is 10.3. The van der Waals surface area contributed by atoms with Crippen LogP contribution in [0, 0.1) is 0 Å². The number of carbonyl (C=O) groups excluding carboxylic acids is 1. The van der Waals surface area contributed by atoms with E-state index in [-0.39, 0.29) is 30.4 Å². The third-order valence-electron chi connectivity index (χ3n) is 3.76. The number of benzene rings is 1. The van der Waals surface area contributed by atoms with E-state index in [9.17, 15) is 18.0 Å². The molecule has 23 heavy (non-hydrogen) atoms. The molecular weight excluding hydrogens is 329 g/mol. The summed E-state index contributed by atoms with van der Waals surface area (Å²) in [6.45, 7) is 2.21. The monoisotopic (exact) mass is 350 g/mol. The van der Waals surface area contributed by atoms with Gasteiger partial charge in [-0.3, -0.25) is 4.79 Å². The van der Waals surface area contributed by atoms with E-state index in [1.54, 1.807) is 4.90 Å². The molecule has 2 N–H and O–H groups in total. The molecule has 130 valence electrons. The maximum atomic E-state index is 12.5. The fourth-order valence-corrected chi connectivity index (χ4v) is 2.30. The van der Waals surface area contributed by atoms with E-state index in [1.165, 1.54) is 12.1 Å². The normalized spacial score (nSPS) is 15.7. The number of alkyl halides is 3. The highest BCUT2D eigenvalue weighted by Gasteiger charge is 2.33. The maximum Gasteiger partial charge on any atom is 0.416 e. The van der Waals surface area contributed by atoms with Gasteiger partial charge in [-0.25, -0.2) is 0 Å². The van der Waals surface area contributed by atoms with Crippen LogP contribution in [0.4, 0.5) is 13.2 Å². The second kappa shape index (κ2) is 8.02. The Bertz CT molecular complexity index is 513. The predicted molar refractivity (Wildman–Crippen MR) is 85.1 cm³/mol. The standard InChI is InChI=1S/C16H21F3N2O.ClH/c1-11(20)2-9-15(22)21(14-7-8-14)10-12-3-5-13(6-4-12)16(17,18)19;/h3-6,11,14H,2,7-10,20H2,1H3;1H. The molecule has 2 rings (SSSR count). The Labute approximate surface area is 140 Å². The summed E-state index contributed by atoms with van der Waals surface area (Å²) in [6, 6.07) is 5.20. The van der Waals surface area contributed by atoms with Gasteiger partial charge < -0.3 is 10.6 Å². The molecule has 0 saturated heterocycles. The zero-order valence-electron chi connectivity index (χ0n) is 13.0. The van der Waals surface area contributed by atoms with Crippen molar-refractivity contribution in [1.82, 2.24) is 4.90 Å². The van der Waals surface area contributed by atoms with Gasteiger partial charge in [-0.15, -0.1) is 12.4 Å². The smallest absolute Gasteiger partial charge is 0.335 e. The van der Waals surface area contributed by atoms with Gasteiger partial charge >= 0.3 is 6.18 Å². The molecule has 1 aromatic carbocycles. The van der Waals surface area contributed by atoms with Crippen LogP contribution in [0.2, 0.25) is 0 Å². The molecule has 1 unspecified atom stereocenters. The molecule has 3 nitrogen and oxygen atoms in total. The summed E-state index contributed by atoms with van der Waals surface area (Å²) >= 11 is 0. The molecule has 1 aliphatic carbocycles. The highest BCUT2D eigenvalue weighted by molar-refractivity contribution is 5.85. The number of nitrogens with zero attached hydrogens (tertiary/aromatic N) is 1. The quantitative estimate of drug-likeness (QED) is 0.849. The second-order valence-electron chi connectivity index (χ2n) is 5.96. The lowest BCUT2D eigenvalue weighted by Gasteiger charge is -2.23. The second-order valence-corrected chi connectivity index (χ2v) is 5.96. The fraction of sp³-hybridized carbons (Fsp3) is 0.562. The summed E-state index contributed by atoms with van der Waals surface area (Å²) in [6.07, 6.45) is -1.40. The molecule has 0 aromatic heterocycles. The van der Waals surface area contributed by atoms with E-state index in [4.69, 9.17) is 5.73 Å². The number of halogens is 4. The molecular formula is C16H22ClF3N2O. The summed E-state index contributed by atoms with van der Waals surface area (Å²) in [5.41, 5.74) is 5.71. The van der Waals surface area contributed by atoms with Crippen LogP contribution >= 0.6 is 12.4 Å². The van der Waals surface area contributed by atoms with E-state index in [1.807, 2.05) is 6.92 Å². The van der Waals surface area contributed by atoms with Gasteiger partial charge in [-0.2, -0.15) is 13.2 Å². The fourth-order valence-electron chi connectivity index (χ4n) is 2.30. The van der Waals surface area contributed by atoms with Crippen molar-refractivity contribution >= 4 is 18.3 Å². The highest BCUT2D eigenvalue weighted by Crippen LogP contribution is 2.31. The van der Waals surface area contributed by atoms with Gasteiger partial charge in [0.25, 0.3) is 0 Å². The minimum Gasteiger partial charge on any atom is -0.335 e. The highest BCUT2D eigenvalue weighted by atomic mass is 35.5. The molecule has 1 aromatic rings. The van der Waals surface area contributed by atoms with Gasteiger partial charge in [-0.05, 0) is 43.9 Å². The Morgan fingerprint density at radius 3 is 2.30 bits per heavy atom. The topological polar surface area (TPSA) is 46.3 Å². The molecule has 1 fully saturated rings. The van der Waals surface area contributed by atoms with E-state index in [2.05, 4.69) is 0 Å². The largest absolute Gasteiger partial charge is 0.416 e. The third kappa shape index (κ3) is 6.03. The summed E-state index contributed by atoms with van der Waals surface area (Å²) in [4.78, 5) is 14.0. The predicted octanol–water partition coefficient (Wildman–Crippen LogP) is 3.75. The SMILES string of the molecule is CC(N)CCC(=O)N(Cc1ccc(C(F)(F)F)cc1)C1CC1.Cl. The first-order valence-corrected chi connectivity index (χ1v) is 7.48. The Hall–Kier alpha value is -1.27. The number of carbonyl (C=O) groups is 1. The van der Waals surface area contributed by atoms with Gasteiger partial charge in [0.15, 0.2) is 0 Å². The zero-order valence-corrected chi connectivity index (χ0v) is 13.8. The summed E-state index contributed by atoms with van der Waals surface area (Å²) in [7, 11) is 0. The van der Waals surface area contributed by atoms with Crippen molar-refractivity contribution in [3.63, 3.8) is 0 Å². The van der Waals surface area contributed by atoms with Crippen molar-refractivity contribution in [2.75, 3.05) is 0 Å². The number of nitrogens with two attached hydrogens (primary N) is 1. The van der Waals surface area contributed by atoms with Crippen LogP contribution in [0.3, 0.4) is 0 Å². The summed E-state index contributed by atoms with van der Waals surface area (Å²) in [5.74, 6) is 0.0275. The van der Waals surface area contributed by atoms with Crippen molar-refractivity contribution < 1.29 is 18.0 Å². The van der Waals surface area contributed by atoms with Crippen molar-refractivity contribution in [2.24, 2.45) is 5.73 Å². The number of rotatable bonds is 6. The van der Waals surface area contributed by atoms with Crippen LogP contribution in [0.15, 0.2) is 24.3 Å². The van der Waals surface area contributed by atoms with Gasteiger partial charge in [0.05, 0.1) is 5.56 Å². The Morgan fingerprint density at radius 2 is 1.87 bits per heavy atom. The minimum absolute atomic E-state index is 0. The number of amides is 1. The first-order valence-electron chi connectivity index (χ1n) is 7.48. The molecule has 1 saturated carbocycles. The molecule has 1 aliphatic rings. The Morgan fingerprint density at radius 1 is 1.30 bits per heavy atom. The van der Waals surface area contributed by atoms with Gasteiger partial charge in [-0.1, -0.05) is 12.1 Å². The van der Waals surface area contributed by atoms with Crippen LogP contribution in [-0.4, -0.2) is 22.9 Å². The average Bonchev–Trinajstić information content (AvgIpc) is 3.26. The number of hydrogen-bond donors (Lipinski definition) is 1. The molecule has 0 heterocycles. The van der Waals surface area contributed by atoms with Crippen LogP contribution in [0.5, 0.6) is 0 Å². The third-order valence-corrected chi connectivity index (χ3v) is 3.76. The van der Waals surface area contributed by atoms with Gasteiger partial charge in [0, 0.05) is 25.0 Å². The molecule has 0 bridgehead atoms. The Balaban J connectivity index is 0.00000264. The van der Waals surface area contributed by atoms with Crippen molar-refractivity contribution in [2.45, 2.75) is 57.4 Å². The van der Waals surface area contributed by atoms with Crippen molar-refractivity contribution in [3.8, 4) is 0 Å². The molecule has 7 heteroatoms. The summed E-state index contributed by atoms with van der Waals surface area (Å²) in [5, 5.41) is 0. The van der Waals surface area contributed by atoms with E-state index >= 15 is 0 Å². The molecule has 1 atom stereocenters. The molecule has 1 amide bonds. The molecule has 0 spiro atoms. The van der Waals surface area contributed by atoms with Gasteiger partial charge in [0.1, 0.15) is 0 Å². The lowest BCUT2D eigenvalue weighted by Crippen LogP contribution is -2.33. The van der Waals surface area contributed by atoms with Crippen LogP contribution < -0.4 is 5.73 Å². The average molecular weight is 351 g/mol. The maximum absolute atomic E-state index is 12.5. The van der Waals surface area contributed by atoms with Crippen molar-refractivity contribution in [3.05, 3.63) is 35.4 Å². The van der Waals surface area contributed by atoms with E-state index in [0.717, 1.165) is 25.0 Å².